The molecule has 5 nitrogen and oxygen atoms in total. The van der Waals surface area contributed by atoms with Crippen molar-refractivity contribution in [2.45, 2.75) is 38.3 Å². The van der Waals surface area contributed by atoms with Crippen LogP contribution in [0.1, 0.15) is 31.2 Å². The van der Waals surface area contributed by atoms with Crippen molar-refractivity contribution in [3.05, 3.63) is 35.9 Å². The summed E-state index contributed by atoms with van der Waals surface area (Å²) in [6, 6.07) is 10.2. The molecule has 3 aliphatic rings. The van der Waals surface area contributed by atoms with Crippen LogP contribution in [0.3, 0.4) is 0 Å². The number of benzene rings is 1. The fourth-order valence-corrected chi connectivity index (χ4v) is 4.06. The van der Waals surface area contributed by atoms with E-state index in [0.717, 1.165) is 58.4 Å². The Kier molecular flexibility index (Phi) is 4.75. The summed E-state index contributed by atoms with van der Waals surface area (Å²) in [4.78, 5) is 31.5. The molecular weight excluding hydrogens is 314 g/mol. The van der Waals surface area contributed by atoms with Crippen molar-refractivity contribution in [1.82, 2.24) is 14.7 Å². The molecule has 3 fully saturated rings. The number of piperazine rings is 1. The number of carbonyl (C=O) groups is 2. The van der Waals surface area contributed by atoms with Crippen LogP contribution in [-0.2, 0) is 16.1 Å². The Hall–Kier alpha value is -1.88. The van der Waals surface area contributed by atoms with Crippen LogP contribution in [0, 0.1) is 5.92 Å². The number of likely N-dealkylation sites (tertiary alicyclic amines) is 1. The van der Waals surface area contributed by atoms with Gasteiger partial charge >= 0.3 is 0 Å². The quantitative estimate of drug-likeness (QED) is 0.838. The maximum absolute atomic E-state index is 13.0. The van der Waals surface area contributed by atoms with E-state index in [1.165, 1.54) is 5.56 Å². The third-order valence-electron chi connectivity index (χ3n) is 5.71. The maximum Gasteiger partial charge on any atom is 0.240 e. The fourth-order valence-electron chi connectivity index (χ4n) is 4.06. The number of nitrogens with zero attached hydrogens (tertiary/aromatic N) is 3. The second-order valence-electron chi connectivity index (χ2n) is 7.54. The van der Waals surface area contributed by atoms with Gasteiger partial charge in [0, 0.05) is 45.2 Å². The van der Waals surface area contributed by atoms with Crippen molar-refractivity contribution in [3.8, 4) is 0 Å². The lowest BCUT2D eigenvalue weighted by Gasteiger charge is -2.42. The Morgan fingerprint density at radius 1 is 0.960 bits per heavy atom. The summed E-state index contributed by atoms with van der Waals surface area (Å²) in [6.07, 6.45) is 4.13. The van der Waals surface area contributed by atoms with Gasteiger partial charge in [-0.25, -0.2) is 0 Å². The van der Waals surface area contributed by atoms with Gasteiger partial charge in [0.05, 0.1) is 6.04 Å². The van der Waals surface area contributed by atoms with Gasteiger partial charge in [-0.15, -0.1) is 0 Å². The lowest BCUT2D eigenvalue weighted by molar-refractivity contribution is -0.143. The minimum absolute atomic E-state index is 0.00404. The number of hydrogen-bond acceptors (Lipinski definition) is 3. The molecule has 134 valence electrons. The Labute approximate surface area is 149 Å². The first-order valence-electron chi connectivity index (χ1n) is 9.58. The van der Waals surface area contributed by atoms with Gasteiger partial charge in [0.1, 0.15) is 0 Å². The second-order valence-corrected chi connectivity index (χ2v) is 7.54. The van der Waals surface area contributed by atoms with E-state index >= 15 is 0 Å². The van der Waals surface area contributed by atoms with Crippen LogP contribution < -0.4 is 0 Å². The van der Waals surface area contributed by atoms with Crippen LogP contribution in [0.15, 0.2) is 30.3 Å². The van der Waals surface area contributed by atoms with Gasteiger partial charge in [-0.3, -0.25) is 14.5 Å². The van der Waals surface area contributed by atoms with E-state index in [9.17, 15) is 9.59 Å². The highest BCUT2D eigenvalue weighted by atomic mass is 16.2. The Balaban J connectivity index is 1.34. The molecule has 1 saturated carbocycles. The van der Waals surface area contributed by atoms with Gasteiger partial charge in [0.25, 0.3) is 0 Å². The molecule has 0 bridgehead atoms. The van der Waals surface area contributed by atoms with Crippen LogP contribution in [0.5, 0.6) is 0 Å². The minimum Gasteiger partial charge on any atom is -0.340 e. The van der Waals surface area contributed by atoms with Crippen LogP contribution >= 0.6 is 0 Å². The molecular formula is C20H27N3O2. The average Bonchev–Trinajstić information content (AvgIpc) is 3.49. The number of rotatable bonds is 4. The van der Waals surface area contributed by atoms with Crippen molar-refractivity contribution >= 4 is 11.8 Å². The number of hydrogen-bond donors (Lipinski definition) is 0. The zero-order valence-corrected chi connectivity index (χ0v) is 14.8. The van der Waals surface area contributed by atoms with Crippen LogP contribution in [0.2, 0.25) is 0 Å². The molecule has 1 aromatic rings. The molecule has 1 aromatic carbocycles. The molecule has 2 saturated heterocycles. The molecule has 2 heterocycles. The van der Waals surface area contributed by atoms with Crippen molar-refractivity contribution in [1.29, 1.82) is 0 Å². The average molecular weight is 341 g/mol. The normalized spacial score (nSPS) is 25.3. The van der Waals surface area contributed by atoms with E-state index in [4.69, 9.17) is 0 Å². The SMILES string of the molecule is O=C(C1CC1)N1CCN([C@H]2CCCN(Cc3ccccc3)C2=O)CC1. The van der Waals surface area contributed by atoms with Crippen LogP contribution in [0.25, 0.3) is 0 Å². The van der Waals surface area contributed by atoms with E-state index in [1.54, 1.807) is 0 Å². The largest absolute Gasteiger partial charge is 0.340 e. The molecule has 0 radical (unpaired) electrons. The Morgan fingerprint density at radius 2 is 1.68 bits per heavy atom. The van der Waals surface area contributed by atoms with E-state index in [0.29, 0.717) is 18.4 Å². The van der Waals surface area contributed by atoms with Gasteiger partial charge in [-0.2, -0.15) is 0 Å². The lowest BCUT2D eigenvalue weighted by Crippen LogP contribution is -2.58. The van der Waals surface area contributed by atoms with Gasteiger partial charge in [0.2, 0.25) is 11.8 Å². The summed E-state index contributed by atoms with van der Waals surface area (Å²) in [5, 5.41) is 0. The minimum atomic E-state index is -0.00404. The summed E-state index contributed by atoms with van der Waals surface area (Å²) in [5.74, 6) is 0.890. The summed E-state index contributed by atoms with van der Waals surface area (Å²) >= 11 is 0. The zero-order valence-electron chi connectivity index (χ0n) is 14.8. The Bertz CT molecular complexity index is 621. The van der Waals surface area contributed by atoms with Crippen molar-refractivity contribution in [2.24, 2.45) is 5.92 Å². The smallest absolute Gasteiger partial charge is 0.240 e. The van der Waals surface area contributed by atoms with Gasteiger partial charge < -0.3 is 9.80 Å². The Morgan fingerprint density at radius 3 is 2.36 bits per heavy atom. The van der Waals surface area contributed by atoms with Crippen molar-refractivity contribution in [2.75, 3.05) is 32.7 Å². The first-order chi connectivity index (χ1) is 12.2. The third kappa shape index (κ3) is 3.71. The highest BCUT2D eigenvalue weighted by Crippen LogP contribution is 2.31. The predicted octanol–water partition coefficient (Wildman–Crippen LogP) is 1.73. The van der Waals surface area contributed by atoms with E-state index in [1.807, 2.05) is 28.0 Å². The maximum atomic E-state index is 13.0. The molecule has 0 N–H and O–H groups in total. The number of amides is 2. The highest BCUT2D eigenvalue weighted by molar-refractivity contribution is 5.83. The number of piperidine rings is 1. The van der Waals surface area contributed by atoms with Gasteiger partial charge in [-0.05, 0) is 31.2 Å². The predicted molar refractivity (Wildman–Crippen MR) is 95.8 cm³/mol. The van der Waals surface area contributed by atoms with Gasteiger partial charge in [0.15, 0.2) is 0 Å². The summed E-state index contributed by atoms with van der Waals surface area (Å²) < 4.78 is 0. The molecule has 0 unspecified atom stereocenters. The zero-order chi connectivity index (χ0) is 17.2. The standard InChI is InChI=1S/C20H27N3O2/c24-19(17-8-9-17)22-13-11-21(12-14-22)18-7-4-10-23(20(18)25)15-16-5-2-1-3-6-16/h1-3,5-6,17-18H,4,7-15H2/t18-/m0/s1. The van der Waals surface area contributed by atoms with Crippen LogP contribution in [-0.4, -0.2) is 65.3 Å². The lowest BCUT2D eigenvalue weighted by atomic mass is 10.0. The molecule has 4 rings (SSSR count). The molecule has 2 amide bonds. The highest BCUT2D eigenvalue weighted by Gasteiger charge is 2.38. The molecule has 0 aromatic heterocycles. The number of carbonyl (C=O) groups excluding carboxylic acids is 2. The van der Waals surface area contributed by atoms with Crippen LogP contribution in [0.4, 0.5) is 0 Å². The molecule has 1 atom stereocenters. The molecule has 0 spiro atoms. The van der Waals surface area contributed by atoms with Gasteiger partial charge in [-0.1, -0.05) is 30.3 Å². The summed E-state index contributed by atoms with van der Waals surface area (Å²) in [7, 11) is 0. The monoisotopic (exact) mass is 341 g/mol. The van der Waals surface area contributed by atoms with E-state index in [2.05, 4.69) is 17.0 Å². The topological polar surface area (TPSA) is 43.9 Å². The molecule has 2 aliphatic heterocycles. The van der Waals surface area contributed by atoms with E-state index < -0.39 is 0 Å². The molecule has 5 heteroatoms. The molecule has 25 heavy (non-hydrogen) atoms. The van der Waals surface area contributed by atoms with Crippen molar-refractivity contribution in [3.63, 3.8) is 0 Å². The van der Waals surface area contributed by atoms with E-state index in [-0.39, 0.29) is 11.9 Å². The fraction of sp³-hybridized carbons (Fsp3) is 0.600. The third-order valence-corrected chi connectivity index (χ3v) is 5.71. The first kappa shape index (κ1) is 16.6. The second kappa shape index (κ2) is 7.16. The first-order valence-corrected chi connectivity index (χ1v) is 9.58. The summed E-state index contributed by atoms with van der Waals surface area (Å²) in [5.41, 5.74) is 1.19. The van der Waals surface area contributed by atoms with Crippen molar-refractivity contribution < 1.29 is 9.59 Å². The molecule has 1 aliphatic carbocycles. The summed E-state index contributed by atoms with van der Waals surface area (Å²) in [6.45, 7) is 4.76.